The summed E-state index contributed by atoms with van der Waals surface area (Å²) in [6.07, 6.45) is 0. The molecule has 0 aliphatic carbocycles. The Kier molecular flexibility index (Phi) is 4.85. The number of amides is 1. The Bertz CT molecular complexity index is 949. The Hall–Kier alpha value is -3.47. The molecule has 5 heteroatoms. The standard InChI is InChI=1S/C20H16N2O3/c1-25-20(24)18(21-22-19(23)15-8-3-2-4-9-15)17-12-11-14-7-5-6-10-16(14)13-17/h2-13H,1H3,(H,22,23)/b21-18-. The van der Waals surface area contributed by atoms with Crippen molar-refractivity contribution in [2.45, 2.75) is 0 Å². The average Bonchev–Trinajstić information content (AvgIpc) is 2.68. The number of rotatable bonds is 4. The summed E-state index contributed by atoms with van der Waals surface area (Å²) in [6.45, 7) is 0. The van der Waals surface area contributed by atoms with Crippen molar-refractivity contribution >= 4 is 28.4 Å². The molecule has 0 aliphatic rings. The van der Waals surface area contributed by atoms with Gasteiger partial charge in [-0.25, -0.2) is 10.2 Å². The molecule has 0 bridgehead atoms. The number of fused-ring (bicyclic) bond motifs is 1. The summed E-state index contributed by atoms with van der Waals surface area (Å²) in [5.41, 5.74) is 3.47. The Morgan fingerprint density at radius 2 is 1.52 bits per heavy atom. The Morgan fingerprint density at radius 3 is 2.24 bits per heavy atom. The van der Waals surface area contributed by atoms with Gasteiger partial charge in [-0.15, -0.1) is 0 Å². The highest BCUT2D eigenvalue weighted by Crippen LogP contribution is 2.16. The molecule has 0 heterocycles. The highest BCUT2D eigenvalue weighted by Gasteiger charge is 2.16. The molecule has 0 radical (unpaired) electrons. The number of nitrogens with zero attached hydrogens (tertiary/aromatic N) is 1. The molecule has 0 unspecified atom stereocenters. The topological polar surface area (TPSA) is 67.8 Å². The van der Waals surface area contributed by atoms with E-state index >= 15 is 0 Å². The molecule has 1 amide bonds. The fourth-order valence-corrected chi connectivity index (χ4v) is 2.42. The van der Waals surface area contributed by atoms with Crippen molar-refractivity contribution in [3.8, 4) is 0 Å². The van der Waals surface area contributed by atoms with Crippen molar-refractivity contribution in [3.05, 3.63) is 83.9 Å². The molecule has 1 N–H and O–H groups in total. The van der Waals surface area contributed by atoms with Crippen LogP contribution in [-0.2, 0) is 9.53 Å². The molecule has 124 valence electrons. The third-order valence-corrected chi connectivity index (χ3v) is 3.71. The third-order valence-electron chi connectivity index (χ3n) is 3.71. The first kappa shape index (κ1) is 16.4. The van der Waals surface area contributed by atoms with Gasteiger partial charge in [-0.2, -0.15) is 5.10 Å². The Balaban J connectivity index is 1.93. The van der Waals surface area contributed by atoms with Gasteiger partial charge in [0.25, 0.3) is 5.91 Å². The van der Waals surface area contributed by atoms with Crippen LogP contribution in [0.15, 0.2) is 77.9 Å². The number of ether oxygens (including phenoxy) is 1. The fraction of sp³-hybridized carbons (Fsp3) is 0.0500. The monoisotopic (exact) mass is 332 g/mol. The fourth-order valence-electron chi connectivity index (χ4n) is 2.42. The van der Waals surface area contributed by atoms with E-state index in [1.54, 1.807) is 30.3 Å². The van der Waals surface area contributed by atoms with E-state index in [2.05, 4.69) is 10.5 Å². The van der Waals surface area contributed by atoms with Gasteiger partial charge < -0.3 is 4.74 Å². The number of carbonyl (C=O) groups is 2. The zero-order chi connectivity index (χ0) is 17.6. The minimum atomic E-state index is -0.622. The van der Waals surface area contributed by atoms with E-state index < -0.39 is 11.9 Å². The number of methoxy groups -OCH3 is 1. The second-order valence-electron chi connectivity index (χ2n) is 5.32. The highest BCUT2D eigenvalue weighted by molar-refractivity contribution is 6.43. The maximum Gasteiger partial charge on any atom is 0.359 e. The zero-order valence-corrected chi connectivity index (χ0v) is 13.6. The van der Waals surface area contributed by atoms with Crippen molar-refractivity contribution in [2.24, 2.45) is 5.10 Å². The number of nitrogens with one attached hydrogen (secondary N) is 1. The average molecular weight is 332 g/mol. The second kappa shape index (κ2) is 7.40. The normalized spacial score (nSPS) is 11.2. The zero-order valence-electron chi connectivity index (χ0n) is 13.6. The van der Waals surface area contributed by atoms with Gasteiger partial charge in [-0.05, 0) is 29.0 Å². The van der Waals surface area contributed by atoms with Gasteiger partial charge >= 0.3 is 5.97 Å². The number of hydrazone groups is 1. The van der Waals surface area contributed by atoms with Crippen LogP contribution in [0.3, 0.4) is 0 Å². The minimum absolute atomic E-state index is 0.0394. The van der Waals surface area contributed by atoms with Crippen molar-refractivity contribution in [1.82, 2.24) is 5.43 Å². The van der Waals surface area contributed by atoms with Gasteiger partial charge in [-0.1, -0.05) is 54.6 Å². The number of esters is 1. The summed E-state index contributed by atoms with van der Waals surface area (Å²) in [4.78, 5) is 24.2. The molecular formula is C20H16N2O3. The summed E-state index contributed by atoms with van der Waals surface area (Å²) < 4.78 is 4.80. The van der Waals surface area contributed by atoms with Crippen molar-refractivity contribution < 1.29 is 14.3 Å². The van der Waals surface area contributed by atoms with Gasteiger partial charge in [0.15, 0.2) is 5.71 Å². The molecule has 0 fully saturated rings. The van der Waals surface area contributed by atoms with Crippen LogP contribution in [0.1, 0.15) is 15.9 Å². The molecule has 3 rings (SSSR count). The predicted molar refractivity (Wildman–Crippen MR) is 96.4 cm³/mol. The van der Waals surface area contributed by atoms with E-state index in [1.165, 1.54) is 7.11 Å². The molecule has 0 aromatic heterocycles. The molecule has 0 aliphatic heterocycles. The Labute approximate surface area is 144 Å². The second-order valence-corrected chi connectivity index (χ2v) is 5.32. The summed E-state index contributed by atoms with van der Waals surface area (Å²) in [7, 11) is 1.28. The first-order valence-electron chi connectivity index (χ1n) is 7.69. The molecule has 0 spiro atoms. The van der Waals surface area contributed by atoms with Crippen LogP contribution in [0, 0.1) is 0 Å². The van der Waals surface area contributed by atoms with Crippen LogP contribution in [0.4, 0.5) is 0 Å². The van der Waals surface area contributed by atoms with Crippen molar-refractivity contribution in [2.75, 3.05) is 7.11 Å². The van der Waals surface area contributed by atoms with E-state index in [1.807, 2.05) is 42.5 Å². The van der Waals surface area contributed by atoms with E-state index in [0.29, 0.717) is 11.1 Å². The molecule has 0 atom stereocenters. The van der Waals surface area contributed by atoms with Crippen LogP contribution in [0.5, 0.6) is 0 Å². The van der Waals surface area contributed by atoms with Crippen LogP contribution in [-0.4, -0.2) is 24.7 Å². The van der Waals surface area contributed by atoms with Crippen molar-refractivity contribution in [3.63, 3.8) is 0 Å². The number of benzene rings is 3. The van der Waals surface area contributed by atoms with Crippen LogP contribution in [0.2, 0.25) is 0 Å². The number of hydrogen-bond acceptors (Lipinski definition) is 4. The van der Waals surface area contributed by atoms with Gasteiger partial charge in [0.05, 0.1) is 7.11 Å². The van der Waals surface area contributed by atoms with E-state index in [9.17, 15) is 9.59 Å². The van der Waals surface area contributed by atoms with Gasteiger partial charge in [-0.3, -0.25) is 4.79 Å². The third kappa shape index (κ3) is 3.72. The van der Waals surface area contributed by atoms with E-state index in [-0.39, 0.29) is 5.71 Å². The van der Waals surface area contributed by atoms with E-state index in [0.717, 1.165) is 10.8 Å². The smallest absolute Gasteiger partial charge is 0.359 e. The van der Waals surface area contributed by atoms with Crippen LogP contribution >= 0.6 is 0 Å². The van der Waals surface area contributed by atoms with E-state index in [4.69, 9.17) is 4.74 Å². The first-order valence-corrected chi connectivity index (χ1v) is 7.69. The van der Waals surface area contributed by atoms with Gasteiger partial charge in [0.1, 0.15) is 0 Å². The SMILES string of the molecule is COC(=O)/C(=N\NC(=O)c1ccccc1)c1ccc2ccccc2c1. The summed E-state index contributed by atoms with van der Waals surface area (Å²) in [6, 6.07) is 21.9. The maximum atomic E-state index is 12.1. The Morgan fingerprint density at radius 1 is 0.840 bits per heavy atom. The summed E-state index contributed by atoms with van der Waals surface area (Å²) >= 11 is 0. The highest BCUT2D eigenvalue weighted by atomic mass is 16.5. The lowest BCUT2D eigenvalue weighted by Crippen LogP contribution is -2.25. The summed E-state index contributed by atoms with van der Waals surface area (Å²) in [5, 5.41) is 6.00. The van der Waals surface area contributed by atoms with Crippen LogP contribution < -0.4 is 5.43 Å². The first-order chi connectivity index (χ1) is 12.2. The minimum Gasteiger partial charge on any atom is -0.464 e. The molecule has 25 heavy (non-hydrogen) atoms. The van der Waals surface area contributed by atoms with Crippen molar-refractivity contribution in [1.29, 1.82) is 0 Å². The molecule has 0 saturated carbocycles. The molecule has 5 nitrogen and oxygen atoms in total. The predicted octanol–water partition coefficient (Wildman–Crippen LogP) is 3.15. The largest absolute Gasteiger partial charge is 0.464 e. The lowest BCUT2D eigenvalue weighted by atomic mass is 10.0. The molecule has 3 aromatic rings. The summed E-state index contributed by atoms with van der Waals surface area (Å²) in [5.74, 6) is -1.02. The van der Waals surface area contributed by atoms with Gasteiger partial charge in [0.2, 0.25) is 0 Å². The molecule has 0 saturated heterocycles. The molecular weight excluding hydrogens is 316 g/mol. The lowest BCUT2D eigenvalue weighted by molar-refractivity contribution is -0.132. The quantitative estimate of drug-likeness (QED) is 0.453. The lowest BCUT2D eigenvalue weighted by Gasteiger charge is -2.07. The number of carbonyl (C=O) groups excluding carboxylic acids is 2. The number of hydrogen-bond donors (Lipinski definition) is 1. The van der Waals surface area contributed by atoms with Crippen LogP contribution in [0.25, 0.3) is 10.8 Å². The molecule has 3 aromatic carbocycles. The van der Waals surface area contributed by atoms with Gasteiger partial charge in [0, 0.05) is 11.1 Å². The maximum absolute atomic E-state index is 12.1.